The fourth-order valence-corrected chi connectivity index (χ4v) is 1.64. The van der Waals surface area contributed by atoms with Gasteiger partial charge in [-0.3, -0.25) is 5.73 Å². The highest BCUT2D eigenvalue weighted by atomic mass is 15.1. The van der Waals surface area contributed by atoms with E-state index in [1.54, 1.807) is 0 Å². The molecule has 1 aliphatic rings. The third-order valence-corrected chi connectivity index (χ3v) is 3.06. The van der Waals surface area contributed by atoms with Crippen molar-refractivity contribution < 1.29 is 4.58 Å². The van der Waals surface area contributed by atoms with E-state index in [0.29, 0.717) is 5.92 Å². The van der Waals surface area contributed by atoms with Crippen molar-refractivity contribution in [3.05, 3.63) is 23.3 Å². The number of nitrogens with zero attached hydrogens (tertiary/aromatic N) is 1. The fourth-order valence-electron chi connectivity index (χ4n) is 1.64. The molecule has 1 aliphatic carbocycles. The van der Waals surface area contributed by atoms with Crippen LogP contribution in [0, 0.1) is 5.92 Å². The van der Waals surface area contributed by atoms with Crippen LogP contribution >= 0.6 is 0 Å². The van der Waals surface area contributed by atoms with Crippen LogP contribution in [0.15, 0.2) is 23.3 Å². The van der Waals surface area contributed by atoms with Gasteiger partial charge in [-0.1, -0.05) is 24.6 Å². The smallest absolute Gasteiger partial charge is 0.226 e. The van der Waals surface area contributed by atoms with Gasteiger partial charge in [0.25, 0.3) is 0 Å². The van der Waals surface area contributed by atoms with Gasteiger partial charge in [0.2, 0.25) is 6.17 Å². The number of rotatable bonds is 3. The molecule has 1 unspecified atom stereocenters. The van der Waals surface area contributed by atoms with Crippen LogP contribution in [0.3, 0.4) is 0 Å². The predicted molar refractivity (Wildman–Crippen MR) is 61.5 cm³/mol. The lowest BCUT2D eigenvalue weighted by Crippen LogP contribution is -2.36. The molecule has 2 nitrogen and oxygen atoms in total. The number of hydrogen-bond donors (Lipinski definition) is 1. The first-order valence-corrected chi connectivity index (χ1v) is 5.26. The zero-order valence-corrected chi connectivity index (χ0v) is 9.46. The van der Waals surface area contributed by atoms with Crippen molar-refractivity contribution >= 4 is 6.72 Å². The Morgan fingerprint density at radius 3 is 2.79 bits per heavy atom. The quantitative estimate of drug-likeness (QED) is 0.414. The molecule has 0 aromatic rings. The Morgan fingerprint density at radius 1 is 1.64 bits per heavy atom. The van der Waals surface area contributed by atoms with Crippen molar-refractivity contribution in [2.45, 2.75) is 33.4 Å². The van der Waals surface area contributed by atoms with Crippen molar-refractivity contribution in [3.63, 3.8) is 0 Å². The van der Waals surface area contributed by atoms with Crippen LogP contribution < -0.4 is 5.73 Å². The minimum Gasteiger partial charge on any atom is -0.269 e. The van der Waals surface area contributed by atoms with E-state index in [1.165, 1.54) is 11.1 Å². The molecule has 2 N–H and O–H groups in total. The zero-order chi connectivity index (χ0) is 10.7. The molecule has 1 rings (SSSR count). The SMILES string of the molecule is C=[N+](CC)C(N)C1=CC=C(C)[C@@H](C)C1. The van der Waals surface area contributed by atoms with E-state index in [4.69, 9.17) is 5.73 Å². The maximum absolute atomic E-state index is 6.08. The molecule has 0 spiro atoms. The van der Waals surface area contributed by atoms with Gasteiger partial charge in [-0.15, -0.1) is 0 Å². The number of allylic oxidation sites excluding steroid dienone is 3. The average Bonchev–Trinajstić information content (AvgIpc) is 2.20. The molecule has 0 saturated carbocycles. The summed E-state index contributed by atoms with van der Waals surface area (Å²) in [5.41, 5.74) is 8.81. The molecular formula is C12H21N2+. The van der Waals surface area contributed by atoms with Crippen molar-refractivity contribution in [1.82, 2.24) is 0 Å². The second-order valence-corrected chi connectivity index (χ2v) is 4.11. The van der Waals surface area contributed by atoms with Crippen LogP contribution in [0.25, 0.3) is 0 Å². The molecule has 0 aromatic carbocycles. The highest BCUT2D eigenvalue weighted by molar-refractivity contribution is 5.27. The summed E-state index contributed by atoms with van der Waals surface area (Å²) in [6.45, 7) is 11.3. The first-order chi connectivity index (χ1) is 6.56. The minimum atomic E-state index is -0.0215. The van der Waals surface area contributed by atoms with Crippen LogP contribution in [-0.2, 0) is 0 Å². The summed E-state index contributed by atoms with van der Waals surface area (Å²) in [6, 6.07) is 0. The van der Waals surface area contributed by atoms with Gasteiger partial charge in [0.1, 0.15) is 13.3 Å². The molecule has 78 valence electrons. The topological polar surface area (TPSA) is 29.0 Å². The molecule has 14 heavy (non-hydrogen) atoms. The Labute approximate surface area is 86.8 Å². The molecule has 2 heteroatoms. The normalized spacial score (nSPS) is 23.9. The largest absolute Gasteiger partial charge is 0.269 e. The van der Waals surface area contributed by atoms with E-state index >= 15 is 0 Å². The second kappa shape index (κ2) is 4.56. The highest BCUT2D eigenvalue weighted by Gasteiger charge is 2.22. The summed E-state index contributed by atoms with van der Waals surface area (Å²) in [5, 5.41) is 0. The van der Waals surface area contributed by atoms with Gasteiger partial charge in [-0.25, -0.2) is 4.58 Å². The van der Waals surface area contributed by atoms with Gasteiger partial charge in [0, 0.05) is 5.57 Å². The summed E-state index contributed by atoms with van der Waals surface area (Å²) in [6.07, 6.45) is 5.36. The number of likely N-dealkylation sites (N-methyl/N-ethyl adjacent to an activating group) is 1. The van der Waals surface area contributed by atoms with Crippen molar-refractivity contribution in [2.75, 3.05) is 6.54 Å². The molecule has 0 fully saturated rings. The lowest BCUT2D eigenvalue weighted by molar-refractivity contribution is -0.545. The molecule has 0 radical (unpaired) electrons. The molecular weight excluding hydrogens is 172 g/mol. The van der Waals surface area contributed by atoms with E-state index in [0.717, 1.165) is 13.0 Å². The number of nitrogens with two attached hydrogens (primary N) is 1. The Balaban J connectivity index is 2.76. The van der Waals surface area contributed by atoms with E-state index in [1.807, 2.05) is 4.58 Å². The van der Waals surface area contributed by atoms with Crippen LogP contribution in [-0.4, -0.2) is 24.0 Å². The molecule has 0 amide bonds. The molecule has 2 atom stereocenters. The first kappa shape index (κ1) is 11.2. The summed E-state index contributed by atoms with van der Waals surface area (Å²) in [7, 11) is 0. The van der Waals surface area contributed by atoms with Crippen LogP contribution in [0.5, 0.6) is 0 Å². The summed E-state index contributed by atoms with van der Waals surface area (Å²) in [4.78, 5) is 0. The average molecular weight is 193 g/mol. The van der Waals surface area contributed by atoms with Gasteiger partial charge in [0.15, 0.2) is 0 Å². The first-order valence-electron chi connectivity index (χ1n) is 5.26. The Hall–Kier alpha value is -0.890. The van der Waals surface area contributed by atoms with Gasteiger partial charge in [-0.2, -0.15) is 0 Å². The van der Waals surface area contributed by atoms with Crippen molar-refractivity contribution in [3.8, 4) is 0 Å². The van der Waals surface area contributed by atoms with E-state index in [2.05, 4.69) is 39.6 Å². The predicted octanol–water partition coefficient (Wildman–Crippen LogP) is 1.92. The summed E-state index contributed by atoms with van der Waals surface area (Å²) < 4.78 is 1.92. The van der Waals surface area contributed by atoms with Crippen molar-refractivity contribution in [2.24, 2.45) is 11.7 Å². The third-order valence-electron chi connectivity index (χ3n) is 3.06. The maximum atomic E-state index is 6.08. The summed E-state index contributed by atoms with van der Waals surface area (Å²) >= 11 is 0. The lowest BCUT2D eigenvalue weighted by atomic mass is 9.88. The van der Waals surface area contributed by atoms with E-state index in [-0.39, 0.29) is 6.17 Å². The number of hydrogen-bond acceptors (Lipinski definition) is 1. The Bertz CT molecular complexity index is 287. The highest BCUT2D eigenvalue weighted by Crippen LogP contribution is 2.25. The molecule has 0 aliphatic heterocycles. The third kappa shape index (κ3) is 2.32. The molecule has 0 saturated heterocycles. The summed E-state index contributed by atoms with van der Waals surface area (Å²) in [5.74, 6) is 0.617. The van der Waals surface area contributed by atoms with Crippen LogP contribution in [0.2, 0.25) is 0 Å². The molecule has 0 bridgehead atoms. The Kier molecular flexibility index (Phi) is 3.64. The van der Waals surface area contributed by atoms with Crippen LogP contribution in [0.4, 0.5) is 0 Å². The van der Waals surface area contributed by atoms with Gasteiger partial charge in [-0.05, 0) is 26.2 Å². The molecule has 0 heterocycles. The zero-order valence-electron chi connectivity index (χ0n) is 9.46. The van der Waals surface area contributed by atoms with Gasteiger partial charge < -0.3 is 0 Å². The molecule has 0 aromatic heterocycles. The van der Waals surface area contributed by atoms with Gasteiger partial charge >= 0.3 is 0 Å². The van der Waals surface area contributed by atoms with Crippen LogP contribution in [0.1, 0.15) is 27.2 Å². The monoisotopic (exact) mass is 193 g/mol. The van der Waals surface area contributed by atoms with Crippen molar-refractivity contribution in [1.29, 1.82) is 0 Å². The minimum absolute atomic E-state index is 0.0215. The van der Waals surface area contributed by atoms with Gasteiger partial charge in [0.05, 0.1) is 0 Å². The Morgan fingerprint density at radius 2 is 2.29 bits per heavy atom. The maximum Gasteiger partial charge on any atom is 0.226 e. The van der Waals surface area contributed by atoms with E-state index in [9.17, 15) is 0 Å². The second-order valence-electron chi connectivity index (χ2n) is 4.11. The lowest BCUT2D eigenvalue weighted by Gasteiger charge is -2.21. The standard InChI is InChI=1S/C12H21N2/c1-5-14(4)12(13)11-7-6-9(2)10(3)8-11/h6-7,10,12H,4-5,8,13H2,1-3H3/q+1/t10-,12?/m0/s1. The fraction of sp³-hybridized carbons (Fsp3) is 0.583. The van der Waals surface area contributed by atoms with E-state index < -0.39 is 0 Å².